The Morgan fingerprint density at radius 2 is 2.19 bits per heavy atom. The highest BCUT2D eigenvalue weighted by Crippen LogP contribution is 2.31. The van der Waals surface area contributed by atoms with E-state index in [9.17, 15) is 9.59 Å². The molecule has 0 aromatic heterocycles. The minimum absolute atomic E-state index is 0.0837. The number of nitrogens with one attached hydrogen (secondary N) is 1. The van der Waals surface area contributed by atoms with Gasteiger partial charge in [-0.05, 0) is 18.1 Å². The van der Waals surface area contributed by atoms with Gasteiger partial charge in [-0.25, -0.2) is 0 Å². The monoisotopic (exact) mass is 291 g/mol. The number of morpholine rings is 1. The van der Waals surface area contributed by atoms with E-state index in [1.165, 1.54) is 0 Å². The predicted molar refractivity (Wildman–Crippen MR) is 78.5 cm³/mol. The van der Waals surface area contributed by atoms with E-state index in [4.69, 9.17) is 10.5 Å². The van der Waals surface area contributed by atoms with E-state index in [0.29, 0.717) is 13.1 Å². The normalized spacial score (nSPS) is 22.2. The Kier molecular flexibility index (Phi) is 4.93. The number of carbonyl (C=O) groups excluding carboxylic acids is 2. The van der Waals surface area contributed by atoms with Gasteiger partial charge in [0.05, 0.1) is 6.04 Å². The Morgan fingerprint density at radius 3 is 2.86 bits per heavy atom. The van der Waals surface area contributed by atoms with Crippen molar-refractivity contribution >= 4 is 11.8 Å². The molecule has 0 saturated carbocycles. The zero-order chi connectivity index (χ0) is 15.4. The maximum Gasteiger partial charge on any atom is 0.251 e. The first-order chi connectivity index (χ1) is 10.1. The summed E-state index contributed by atoms with van der Waals surface area (Å²) in [7, 11) is 1.70. The van der Waals surface area contributed by atoms with Crippen LogP contribution in [0.5, 0.6) is 0 Å². The Hall–Kier alpha value is -1.92. The van der Waals surface area contributed by atoms with E-state index < -0.39 is 12.1 Å². The van der Waals surface area contributed by atoms with Gasteiger partial charge in [-0.2, -0.15) is 0 Å². The van der Waals surface area contributed by atoms with Crippen molar-refractivity contribution in [1.82, 2.24) is 10.2 Å². The summed E-state index contributed by atoms with van der Waals surface area (Å²) in [6.07, 6.45) is -0.722. The Bertz CT molecular complexity index is 533. The first kappa shape index (κ1) is 15.5. The van der Waals surface area contributed by atoms with E-state index in [1.54, 1.807) is 11.9 Å². The van der Waals surface area contributed by atoms with Crippen molar-refractivity contribution in [2.75, 3.05) is 26.7 Å². The van der Waals surface area contributed by atoms with Gasteiger partial charge in [-0.1, -0.05) is 24.3 Å². The van der Waals surface area contributed by atoms with Crippen molar-refractivity contribution in [3.63, 3.8) is 0 Å². The lowest BCUT2D eigenvalue weighted by Crippen LogP contribution is -2.53. The molecule has 1 saturated heterocycles. The fourth-order valence-corrected chi connectivity index (χ4v) is 2.52. The third-order valence-corrected chi connectivity index (χ3v) is 3.69. The molecule has 114 valence electrons. The number of nitrogens with two attached hydrogens (primary N) is 1. The average Bonchev–Trinajstić information content (AvgIpc) is 2.48. The van der Waals surface area contributed by atoms with E-state index in [1.807, 2.05) is 31.2 Å². The van der Waals surface area contributed by atoms with E-state index >= 15 is 0 Å². The van der Waals surface area contributed by atoms with Gasteiger partial charge >= 0.3 is 0 Å². The second-order valence-electron chi connectivity index (χ2n) is 5.12. The van der Waals surface area contributed by atoms with E-state index in [-0.39, 0.29) is 18.4 Å². The van der Waals surface area contributed by atoms with Gasteiger partial charge in [0, 0.05) is 20.1 Å². The molecule has 2 amide bonds. The van der Waals surface area contributed by atoms with Crippen LogP contribution >= 0.6 is 0 Å². The summed E-state index contributed by atoms with van der Waals surface area (Å²) < 4.78 is 5.50. The van der Waals surface area contributed by atoms with E-state index in [0.717, 1.165) is 11.1 Å². The van der Waals surface area contributed by atoms with Crippen molar-refractivity contribution in [1.29, 1.82) is 0 Å². The van der Waals surface area contributed by atoms with E-state index in [2.05, 4.69) is 5.32 Å². The zero-order valence-corrected chi connectivity index (χ0v) is 12.3. The third-order valence-electron chi connectivity index (χ3n) is 3.69. The molecule has 0 unspecified atom stereocenters. The molecule has 1 aliphatic heterocycles. The number of amides is 2. The van der Waals surface area contributed by atoms with Gasteiger partial charge < -0.3 is 20.7 Å². The smallest absolute Gasteiger partial charge is 0.251 e. The number of hydrogen-bond acceptors (Lipinski definition) is 4. The lowest BCUT2D eigenvalue weighted by molar-refractivity contribution is -0.162. The summed E-state index contributed by atoms with van der Waals surface area (Å²) in [5.41, 5.74) is 7.34. The van der Waals surface area contributed by atoms with Gasteiger partial charge in [0.25, 0.3) is 5.91 Å². The third kappa shape index (κ3) is 3.22. The number of aryl methyl sites for hydroxylation is 1. The summed E-state index contributed by atoms with van der Waals surface area (Å²) in [5, 5.41) is 2.73. The molecule has 0 radical (unpaired) electrons. The van der Waals surface area contributed by atoms with Crippen LogP contribution in [0.25, 0.3) is 0 Å². The van der Waals surface area contributed by atoms with Crippen LogP contribution < -0.4 is 11.1 Å². The molecule has 0 spiro atoms. The van der Waals surface area contributed by atoms with Gasteiger partial charge in [0.1, 0.15) is 6.61 Å². The lowest BCUT2D eigenvalue weighted by Gasteiger charge is -2.38. The molecule has 1 aromatic rings. The highest BCUT2D eigenvalue weighted by atomic mass is 16.5. The molecule has 2 rings (SSSR count). The van der Waals surface area contributed by atoms with Crippen molar-refractivity contribution in [2.45, 2.75) is 19.1 Å². The molecule has 1 fully saturated rings. The fourth-order valence-electron chi connectivity index (χ4n) is 2.52. The number of rotatable bonds is 4. The first-order valence-electron chi connectivity index (χ1n) is 6.97. The number of likely N-dealkylation sites (N-methyl/N-ethyl adjacent to an activating group) is 1. The molecule has 0 bridgehead atoms. The highest BCUT2D eigenvalue weighted by molar-refractivity contribution is 5.86. The Balaban J connectivity index is 2.32. The van der Waals surface area contributed by atoms with Crippen LogP contribution in [-0.4, -0.2) is 49.6 Å². The molecule has 1 heterocycles. The molecule has 0 aliphatic carbocycles. The maximum absolute atomic E-state index is 12.3. The molecule has 2 atom stereocenters. The molecule has 1 aromatic carbocycles. The lowest BCUT2D eigenvalue weighted by atomic mass is 9.94. The zero-order valence-electron chi connectivity index (χ0n) is 12.3. The number of ether oxygens (including phenoxy) is 1. The summed E-state index contributed by atoms with van der Waals surface area (Å²) in [4.78, 5) is 25.8. The average molecular weight is 291 g/mol. The summed E-state index contributed by atoms with van der Waals surface area (Å²) in [6.45, 7) is 2.62. The van der Waals surface area contributed by atoms with Gasteiger partial charge in [-0.3, -0.25) is 9.59 Å². The van der Waals surface area contributed by atoms with Crippen molar-refractivity contribution in [3.8, 4) is 0 Å². The number of carbonyl (C=O) groups is 2. The number of hydrogen-bond donors (Lipinski definition) is 2. The van der Waals surface area contributed by atoms with Gasteiger partial charge in [0.15, 0.2) is 6.10 Å². The second-order valence-corrected chi connectivity index (χ2v) is 5.12. The summed E-state index contributed by atoms with van der Waals surface area (Å²) >= 11 is 0. The summed E-state index contributed by atoms with van der Waals surface area (Å²) in [6, 6.07) is 7.27. The van der Waals surface area contributed by atoms with Crippen LogP contribution in [0, 0.1) is 6.92 Å². The Labute approximate surface area is 124 Å². The second kappa shape index (κ2) is 6.69. The topological polar surface area (TPSA) is 84.7 Å². The van der Waals surface area contributed by atoms with Crippen LogP contribution in [0.15, 0.2) is 24.3 Å². The number of benzene rings is 1. The molecular formula is C15H21N3O3. The van der Waals surface area contributed by atoms with Crippen LogP contribution in [0.2, 0.25) is 0 Å². The SMILES string of the molecule is Cc1ccccc1[C@@H]1[C@@H](C(=O)NCCN)OCC(=O)N1C. The minimum atomic E-state index is -0.722. The molecule has 1 aliphatic rings. The summed E-state index contributed by atoms with van der Waals surface area (Å²) in [5.74, 6) is -0.376. The predicted octanol–water partition coefficient (Wildman–Crippen LogP) is -0.0318. The molecule has 6 nitrogen and oxygen atoms in total. The Morgan fingerprint density at radius 1 is 1.48 bits per heavy atom. The molecule has 6 heteroatoms. The largest absolute Gasteiger partial charge is 0.356 e. The fraction of sp³-hybridized carbons (Fsp3) is 0.467. The van der Waals surface area contributed by atoms with Crippen molar-refractivity contribution in [3.05, 3.63) is 35.4 Å². The van der Waals surface area contributed by atoms with Gasteiger partial charge in [0.2, 0.25) is 5.91 Å². The molecule has 21 heavy (non-hydrogen) atoms. The van der Waals surface area contributed by atoms with Crippen molar-refractivity contribution in [2.24, 2.45) is 5.73 Å². The van der Waals surface area contributed by atoms with Crippen molar-refractivity contribution < 1.29 is 14.3 Å². The van der Waals surface area contributed by atoms with Crippen LogP contribution in [0.4, 0.5) is 0 Å². The van der Waals surface area contributed by atoms with Crippen LogP contribution in [-0.2, 0) is 14.3 Å². The minimum Gasteiger partial charge on any atom is -0.356 e. The molecular weight excluding hydrogens is 270 g/mol. The standard InChI is InChI=1S/C15H21N3O3/c1-10-5-3-4-6-11(10)13-14(15(20)17-8-7-16)21-9-12(19)18(13)2/h3-6,13-14H,7-9,16H2,1-2H3,(H,17,20)/t13-,14+/m1/s1. The number of nitrogens with zero attached hydrogens (tertiary/aromatic N) is 1. The molecule has 3 N–H and O–H groups in total. The first-order valence-corrected chi connectivity index (χ1v) is 6.97. The quantitative estimate of drug-likeness (QED) is 0.816. The van der Waals surface area contributed by atoms with Crippen LogP contribution in [0.1, 0.15) is 17.2 Å². The maximum atomic E-state index is 12.3. The van der Waals surface area contributed by atoms with Crippen LogP contribution in [0.3, 0.4) is 0 Å². The highest BCUT2D eigenvalue weighted by Gasteiger charge is 2.40. The van der Waals surface area contributed by atoms with Gasteiger partial charge in [-0.15, -0.1) is 0 Å².